The van der Waals surface area contributed by atoms with Crippen molar-refractivity contribution in [3.63, 3.8) is 0 Å². The lowest BCUT2D eigenvalue weighted by Gasteiger charge is -2.13. The van der Waals surface area contributed by atoms with Crippen LogP contribution < -0.4 is 10.1 Å². The third-order valence-electron chi connectivity index (χ3n) is 4.52. The predicted molar refractivity (Wildman–Crippen MR) is 121 cm³/mol. The van der Waals surface area contributed by atoms with E-state index in [0.29, 0.717) is 18.2 Å². The lowest BCUT2D eigenvalue weighted by Crippen LogP contribution is -2.27. The molecule has 158 valence electrons. The van der Waals surface area contributed by atoms with Crippen LogP contribution in [0.2, 0.25) is 0 Å². The van der Waals surface area contributed by atoms with Crippen molar-refractivity contribution in [3.8, 4) is 17.1 Å². The average Bonchev–Trinajstić information content (AvgIpc) is 3.15. The molecular weight excluding hydrogens is 396 g/mol. The van der Waals surface area contributed by atoms with Crippen LogP contribution >= 0.6 is 11.8 Å². The Kier molecular flexibility index (Phi) is 7.90. The van der Waals surface area contributed by atoms with Gasteiger partial charge in [-0.1, -0.05) is 55.9 Å². The quantitative estimate of drug-likeness (QED) is 0.497. The van der Waals surface area contributed by atoms with Gasteiger partial charge < -0.3 is 14.6 Å². The van der Waals surface area contributed by atoms with Crippen LogP contribution in [0, 0.1) is 5.92 Å². The van der Waals surface area contributed by atoms with Gasteiger partial charge in [0.1, 0.15) is 5.75 Å². The van der Waals surface area contributed by atoms with Crippen molar-refractivity contribution in [2.75, 3.05) is 19.4 Å². The zero-order valence-corrected chi connectivity index (χ0v) is 18.5. The minimum absolute atomic E-state index is 0.000950. The second-order valence-corrected chi connectivity index (χ2v) is 8.36. The van der Waals surface area contributed by atoms with E-state index in [-0.39, 0.29) is 5.91 Å². The summed E-state index contributed by atoms with van der Waals surface area (Å²) >= 11 is 1.42. The average molecular weight is 425 g/mol. The summed E-state index contributed by atoms with van der Waals surface area (Å²) in [7, 11) is 1.65. The molecule has 7 heteroatoms. The number of aromatic nitrogens is 3. The highest BCUT2D eigenvalue weighted by molar-refractivity contribution is 7.99. The standard InChI is InChI=1S/C23H28N4O2S/c1-17(2)15-27-22(19-9-11-20(29-3)12-10-19)25-26-23(27)30-16-21(28)24-14-13-18-7-5-4-6-8-18/h4-12,17H,13-16H2,1-3H3,(H,24,28). The first-order chi connectivity index (χ1) is 14.6. The SMILES string of the molecule is COc1ccc(-c2nnc(SCC(=O)NCCc3ccccc3)n2CC(C)C)cc1. The molecule has 0 fully saturated rings. The molecule has 1 aromatic heterocycles. The Hall–Kier alpha value is -2.80. The maximum atomic E-state index is 12.3. The fourth-order valence-electron chi connectivity index (χ4n) is 3.05. The van der Waals surface area contributed by atoms with Gasteiger partial charge in [-0.15, -0.1) is 10.2 Å². The number of amides is 1. The Morgan fingerprint density at radius 3 is 2.50 bits per heavy atom. The fraction of sp³-hybridized carbons (Fsp3) is 0.348. The number of nitrogens with one attached hydrogen (secondary N) is 1. The number of ether oxygens (including phenoxy) is 1. The van der Waals surface area contributed by atoms with Crippen LogP contribution in [0.3, 0.4) is 0 Å². The van der Waals surface area contributed by atoms with Crippen LogP contribution in [0.25, 0.3) is 11.4 Å². The molecule has 0 spiro atoms. The molecule has 3 rings (SSSR count). The zero-order valence-electron chi connectivity index (χ0n) is 17.7. The summed E-state index contributed by atoms with van der Waals surface area (Å²) in [5.41, 5.74) is 2.19. The Balaban J connectivity index is 1.61. The second-order valence-electron chi connectivity index (χ2n) is 7.41. The van der Waals surface area contributed by atoms with Gasteiger partial charge in [0.25, 0.3) is 0 Å². The number of rotatable bonds is 10. The summed E-state index contributed by atoms with van der Waals surface area (Å²) in [5, 5.41) is 12.5. The van der Waals surface area contributed by atoms with E-state index >= 15 is 0 Å². The summed E-state index contributed by atoms with van der Waals surface area (Å²) in [4.78, 5) is 12.3. The third kappa shape index (κ3) is 6.10. The van der Waals surface area contributed by atoms with E-state index < -0.39 is 0 Å². The molecule has 30 heavy (non-hydrogen) atoms. The molecule has 3 aromatic rings. The molecular formula is C23H28N4O2S. The number of benzene rings is 2. The van der Waals surface area contributed by atoms with Crippen molar-refractivity contribution in [2.45, 2.75) is 32.0 Å². The smallest absolute Gasteiger partial charge is 0.230 e. The predicted octanol–water partition coefficient (Wildman–Crippen LogP) is 4.06. The van der Waals surface area contributed by atoms with E-state index in [4.69, 9.17) is 4.74 Å². The van der Waals surface area contributed by atoms with Gasteiger partial charge in [-0.25, -0.2) is 0 Å². The zero-order chi connectivity index (χ0) is 21.3. The van der Waals surface area contributed by atoms with Gasteiger partial charge in [-0.3, -0.25) is 4.79 Å². The van der Waals surface area contributed by atoms with Gasteiger partial charge in [0.2, 0.25) is 5.91 Å². The monoisotopic (exact) mass is 424 g/mol. The van der Waals surface area contributed by atoms with Gasteiger partial charge in [0, 0.05) is 18.7 Å². The highest BCUT2D eigenvalue weighted by Gasteiger charge is 2.16. The molecule has 0 saturated carbocycles. The first-order valence-corrected chi connectivity index (χ1v) is 11.1. The minimum atomic E-state index is 0.000950. The molecule has 0 aliphatic heterocycles. The lowest BCUT2D eigenvalue weighted by molar-refractivity contribution is -0.118. The van der Waals surface area contributed by atoms with Gasteiger partial charge in [0.15, 0.2) is 11.0 Å². The van der Waals surface area contributed by atoms with Crippen LogP contribution in [-0.4, -0.2) is 40.1 Å². The van der Waals surface area contributed by atoms with Crippen LogP contribution in [0.5, 0.6) is 5.75 Å². The van der Waals surface area contributed by atoms with Crippen molar-refractivity contribution in [3.05, 3.63) is 60.2 Å². The third-order valence-corrected chi connectivity index (χ3v) is 5.49. The summed E-state index contributed by atoms with van der Waals surface area (Å²) < 4.78 is 7.33. The van der Waals surface area contributed by atoms with Crippen LogP contribution in [0.4, 0.5) is 0 Å². The Bertz CT molecular complexity index is 940. The van der Waals surface area contributed by atoms with Crippen molar-refractivity contribution in [1.29, 1.82) is 0 Å². The maximum Gasteiger partial charge on any atom is 0.230 e. The molecule has 0 unspecified atom stereocenters. The molecule has 6 nitrogen and oxygen atoms in total. The summed E-state index contributed by atoms with van der Waals surface area (Å²) in [5.74, 6) is 2.35. The molecule has 0 aliphatic rings. The Labute approximate surface area is 182 Å². The summed E-state index contributed by atoms with van der Waals surface area (Å²) in [6.07, 6.45) is 0.822. The lowest BCUT2D eigenvalue weighted by atomic mass is 10.1. The number of hydrogen-bond donors (Lipinski definition) is 1. The molecule has 0 bridgehead atoms. The number of carbonyl (C=O) groups excluding carboxylic acids is 1. The van der Waals surface area contributed by atoms with E-state index in [1.807, 2.05) is 42.5 Å². The first kappa shape index (κ1) is 21.9. The molecule has 0 saturated heterocycles. The highest BCUT2D eigenvalue weighted by atomic mass is 32.2. The largest absolute Gasteiger partial charge is 0.497 e. The molecule has 1 heterocycles. The van der Waals surface area contributed by atoms with Crippen molar-refractivity contribution in [2.24, 2.45) is 5.92 Å². The molecule has 0 aliphatic carbocycles. The highest BCUT2D eigenvalue weighted by Crippen LogP contribution is 2.26. The normalized spacial score (nSPS) is 10.9. The van der Waals surface area contributed by atoms with Crippen molar-refractivity contribution >= 4 is 17.7 Å². The van der Waals surface area contributed by atoms with Crippen LogP contribution in [0.15, 0.2) is 59.8 Å². The second kappa shape index (κ2) is 10.8. The number of carbonyl (C=O) groups is 1. The van der Waals surface area contributed by atoms with Gasteiger partial charge in [-0.2, -0.15) is 0 Å². The molecule has 0 atom stereocenters. The van der Waals surface area contributed by atoms with Gasteiger partial charge >= 0.3 is 0 Å². The Morgan fingerprint density at radius 2 is 1.83 bits per heavy atom. The van der Waals surface area contributed by atoms with Crippen LogP contribution in [-0.2, 0) is 17.8 Å². The number of thioether (sulfide) groups is 1. The summed E-state index contributed by atoms with van der Waals surface area (Å²) in [6.45, 7) is 5.72. The first-order valence-electron chi connectivity index (χ1n) is 10.1. The maximum absolute atomic E-state index is 12.3. The number of methoxy groups -OCH3 is 1. The number of nitrogens with zero attached hydrogens (tertiary/aromatic N) is 3. The van der Waals surface area contributed by atoms with E-state index in [0.717, 1.165) is 35.3 Å². The fourth-order valence-corrected chi connectivity index (χ4v) is 3.83. The summed E-state index contributed by atoms with van der Waals surface area (Å²) in [6, 6.07) is 17.9. The van der Waals surface area contributed by atoms with Crippen LogP contribution in [0.1, 0.15) is 19.4 Å². The van der Waals surface area contributed by atoms with E-state index in [9.17, 15) is 4.79 Å². The topological polar surface area (TPSA) is 69.0 Å². The number of hydrogen-bond acceptors (Lipinski definition) is 5. The molecule has 2 aromatic carbocycles. The molecule has 0 radical (unpaired) electrons. The molecule has 1 amide bonds. The van der Waals surface area contributed by atoms with Gasteiger partial charge in [0.05, 0.1) is 12.9 Å². The van der Waals surface area contributed by atoms with E-state index in [1.165, 1.54) is 17.3 Å². The Morgan fingerprint density at radius 1 is 1.10 bits per heavy atom. The van der Waals surface area contributed by atoms with Crippen molar-refractivity contribution in [1.82, 2.24) is 20.1 Å². The van der Waals surface area contributed by atoms with Gasteiger partial charge in [-0.05, 0) is 42.2 Å². The van der Waals surface area contributed by atoms with Crippen molar-refractivity contribution < 1.29 is 9.53 Å². The minimum Gasteiger partial charge on any atom is -0.497 e. The van der Waals surface area contributed by atoms with E-state index in [2.05, 4.69) is 46.1 Å². The van der Waals surface area contributed by atoms with E-state index in [1.54, 1.807) is 7.11 Å². The molecule has 1 N–H and O–H groups in total.